The Hall–Kier alpha value is -3.78. The summed E-state index contributed by atoms with van der Waals surface area (Å²) in [6.45, 7) is 1.07. The molecule has 0 saturated carbocycles. The molecule has 3 aliphatic heterocycles. The van der Waals surface area contributed by atoms with Crippen LogP contribution in [0.5, 0.6) is 0 Å². The zero-order valence-corrected chi connectivity index (χ0v) is 19.3. The number of fused-ring (bicyclic) bond motifs is 1. The van der Waals surface area contributed by atoms with Crippen molar-refractivity contribution in [2.75, 3.05) is 6.61 Å². The number of nitrogens with zero attached hydrogens (tertiary/aromatic N) is 3. The Kier molecular flexibility index (Phi) is 5.45. The van der Waals surface area contributed by atoms with E-state index in [1.54, 1.807) is 4.90 Å². The number of amides is 3. The van der Waals surface area contributed by atoms with Gasteiger partial charge in [-0.3, -0.25) is 19.7 Å². The number of carbonyl (C=O) groups is 3. The second-order valence-electron chi connectivity index (χ2n) is 9.32. The molecular formula is C27H26N4O4. The van der Waals surface area contributed by atoms with Gasteiger partial charge in [0, 0.05) is 30.7 Å². The molecule has 178 valence electrons. The van der Waals surface area contributed by atoms with Gasteiger partial charge in [-0.15, -0.1) is 0 Å². The number of hydrogen-bond acceptors (Lipinski definition) is 5. The van der Waals surface area contributed by atoms with Crippen LogP contribution in [0.1, 0.15) is 54.3 Å². The Morgan fingerprint density at radius 1 is 0.943 bits per heavy atom. The highest BCUT2D eigenvalue weighted by Gasteiger charge is 2.39. The molecule has 2 aromatic carbocycles. The predicted molar refractivity (Wildman–Crippen MR) is 128 cm³/mol. The van der Waals surface area contributed by atoms with Gasteiger partial charge in [0.2, 0.25) is 11.8 Å². The molecule has 4 heterocycles. The molecule has 35 heavy (non-hydrogen) atoms. The first-order valence-corrected chi connectivity index (χ1v) is 12.1. The van der Waals surface area contributed by atoms with Crippen molar-refractivity contribution >= 4 is 17.7 Å². The van der Waals surface area contributed by atoms with Crippen LogP contribution >= 0.6 is 0 Å². The average Bonchev–Trinajstić information content (AvgIpc) is 3.47. The molecule has 0 spiro atoms. The molecule has 8 nitrogen and oxygen atoms in total. The minimum absolute atomic E-state index is 0.105. The van der Waals surface area contributed by atoms with Crippen LogP contribution < -0.4 is 5.32 Å². The maximum Gasteiger partial charge on any atom is 0.255 e. The summed E-state index contributed by atoms with van der Waals surface area (Å²) in [7, 11) is 0. The van der Waals surface area contributed by atoms with E-state index >= 15 is 0 Å². The number of imide groups is 1. The highest BCUT2D eigenvalue weighted by molar-refractivity contribution is 6.05. The van der Waals surface area contributed by atoms with Crippen molar-refractivity contribution in [1.82, 2.24) is 20.0 Å². The number of ether oxygens (including phenoxy) is 1. The van der Waals surface area contributed by atoms with Crippen LogP contribution in [0.3, 0.4) is 0 Å². The van der Waals surface area contributed by atoms with Gasteiger partial charge in [0.25, 0.3) is 5.91 Å². The molecule has 6 rings (SSSR count). The van der Waals surface area contributed by atoms with Crippen LogP contribution in [0.2, 0.25) is 0 Å². The normalized spacial score (nSPS) is 22.3. The van der Waals surface area contributed by atoms with Crippen LogP contribution in [0.15, 0.2) is 54.6 Å². The van der Waals surface area contributed by atoms with E-state index in [2.05, 4.69) is 23.5 Å². The van der Waals surface area contributed by atoms with Crippen molar-refractivity contribution < 1.29 is 19.1 Å². The van der Waals surface area contributed by atoms with E-state index in [1.165, 1.54) is 0 Å². The van der Waals surface area contributed by atoms with Crippen molar-refractivity contribution in [2.45, 2.75) is 50.9 Å². The smallest absolute Gasteiger partial charge is 0.255 e. The van der Waals surface area contributed by atoms with Crippen LogP contribution in [0, 0.1) is 0 Å². The molecule has 3 amide bonds. The molecule has 3 aromatic rings. The fourth-order valence-electron chi connectivity index (χ4n) is 5.23. The van der Waals surface area contributed by atoms with Gasteiger partial charge < -0.3 is 9.64 Å². The molecule has 1 N–H and O–H groups in total. The highest BCUT2D eigenvalue weighted by atomic mass is 16.5. The minimum atomic E-state index is -0.622. The number of rotatable bonds is 4. The highest BCUT2D eigenvalue weighted by Crippen LogP contribution is 2.35. The van der Waals surface area contributed by atoms with E-state index < -0.39 is 11.9 Å². The Morgan fingerprint density at radius 3 is 2.57 bits per heavy atom. The van der Waals surface area contributed by atoms with Crippen molar-refractivity contribution in [3.63, 3.8) is 0 Å². The quantitative estimate of drug-likeness (QED) is 0.587. The molecule has 1 aromatic heterocycles. The number of benzene rings is 2. The second-order valence-corrected chi connectivity index (χ2v) is 9.32. The summed E-state index contributed by atoms with van der Waals surface area (Å²) in [5.74, 6) is -0.863. The summed E-state index contributed by atoms with van der Waals surface area (Å²) in [5.41, 5.74) is 5.25. The minimum Gasteiger partial charge on any atom is -0.356 e. The van der Waals surface area contributed by atoms with Crippen LogP contribution in [-0.2, 0) is 20.9 Å². The van der Waals surface area contributed by atoms with E-state index in [9.17, 15) is 14.4 Å². The molecule has 0 radical (unpaired) electrons. The Morgan fingerprint density at radius 2 is 1.80 bits per heavy atom. The summed E-state index contributed by atoms with van der Waals surface area (Å²) in [4.78, 5) is 38.5. The van der Waals surface area contributed by atoms with Crippen LogP contribution in [0.25, 0.3) is 22.5 Å². The number of nitrogens with one attached hydrogen (secondary N) is 1. The average molecular weight is 471 g/mol. The first-order valence-electron chi connectivity index (χ1n) is 12.1. The van der Waals surface area contributed by atoms with Crippen molar-refractivity contribution in [3.8, 4) is 22.5 Å². The van der Waals surface area contributed by atoms with E-state index in [0.29, 0.717) is 18.5 Å². The van der Waals surface area contributed by atoms with Crippen molar-refractivity contribution in [1.29, 1.82) is 0 Å². The molecule has 2 fully saturated rings. The standard InChI is InChI=1S/C27H26N4O4/c32-24-12-11-22(26(33)28-24)30-16-19-14-18(9-10-20(19)27(30)34)21-15-23(17-6-2-1-3-7-17)31(29-21)25-8-4-5-13-35-25/h1-3,6-7,9-10,14-15,22,25H,4-5,8,11-13,16H2,(H,28,32,33). The fourth-order valence-corrected chi connectivity index (χ4v) is 5.23. The van der Waals surface area contributed by atoms with Crippen molar-refractivity contribution in [2.24, 2.45) is 0 Å². The van der Waals surface area contributed by atoms with Gasteiger partial charge in [-0.1, -0.05) is 36.4 Å². The molecule has 2 unspecified atom stereocenters. The van der Waals surface area contributed by atoms with Gasteiger partial charge in [0.15, 0.2) is 6.23 Å². The summed E-state index contributed by atoms with van der Waals surface area (Å²) < 4.78 is 8.03. The monoisotopic (exact) mass is 470 g/mol. The van der Waals surface area contributed by atoms with Gasteiger partial charge in [0.1, 0.15) is 6.04 Å². The third-order valence-electron chi connectivity index (χ3n) is 7.05. The third kappa shape index (κ3) is 3.93. The third-order valence-corrected chi connectivity index (χ3v) is 7.05. The number of hydrogen-bond donors (Lipinski definition) is 1. The summed E-state index contributed by atoms with van der Waals surface area (Å²) in [6.07, 6.45) is 3.57. The lowest BCUT2D eigenvalue weighted by Gasteiger charge is -2.29. The first kappa shape index (κ1) is 21.7. The molecule has 8 heteroatoms. The van der Waals surface area contributed by atoms with Crippen LogP contribution in [0.4, 0.5) is 0 Å². The molecule has 2 saturated heterocycles. The van der Waals surface area contributed by atoms with Gasteiger partial charge in [0.05, 0.1) is 11.4 Å². The SMILES string of the molecule is O=C1CCC(N2Cc3cc(-c4cc(-c5ccccc5)n(C5CCCCO5)n4)ccc3C2=O)C(=O)N1. The summed E-state index contributed by atoms with van der Waals surface area (Å²) in [5, 5.41) is 7.30. The van der Waals surface area contributed by atoms with Crippen LogP contribution in [-0.4, -0.2) is 45.1 Å². The Labute approximate surface area is 202 Å². The zero-order valence-electron chi connectivity index (χ0n) is 19.3. The lowest BCUT2D eigenvalue weighted by molar-refractivity contribution is -0.136. The van der Waals surface area contributed by atoms with Gasteiger partial charge >= 0.3 is 0 Å². The number of carbonyl (C=O) groups excluding carboxylic acids is 3. The largest absolute Gasteiger partial charge is 0.356 e. The maximum atomic E-state index is 13.0. The molecule has 3 aliphatic rings. The molecule has 2 atom stereocenters. The Balaban J connectivity index is 1.33. The van der Waals surface area contributed by atoms with Gasteiger partial charge in [-0.05, 0) is 55.0 Å². The second kappa shape index (κ2) is 8.78. The van der Waals surface area contributed by atoms with E-state index in [0.717, 1.165) is 53.9 Å². The van der Waals surface area contributed by atoms with Gasteiger partial charge in [-0.25, -0.2) is 4.68 Å². The summed E-state index contributed by atoms with van der Waals surface area (Å²) >= 11 is 0. The van der Waals surface area contributed by atoms with Crippen molar-refractivity contribution in [3.05, 3.63) is 65.7 Å². The summed E-state index contributed by atoms with van der Waals surface area (Å²) in [6, 6.07) is 17.3. The molecular weight excluding hydrogens is 444 g/mol. The zero-order chi connectivity index (χ0) is 23.9. The Bertz CT molecular complexity index is 1310. The fraction of sp³-hybridized carbons (Fsp3) is 0.333. The first-order chi connectivity index (χ1) is 17.1. The molecule has 0 bridgehead atoms. The van der Waals surface area contributed by atoms with Gasteiger partial charge in [-0.2, -0.15) is 5.10 Å². The predicted octanol–water partition coefficient (Wildman–Crippen LogP) is 3.68. The maximum absolute atomic E-state index is 13.0. The lowest BCUT2D eigenvalue weighted by atomic mass is 10.0. The van der Waals surface area contributed by atoms with E-state index in [1.807, 2.05) is 41.1 Å². The van der Waals surface area contributed by atoms with E-state index in [4.69, 9.17) is 9.84 Å². The lowest BCUT2D eigenvalue weighted by Crippen LogP contribution is -2.52. The number of aromatic nitrogens is 2. The molecule has 0 aliphatic carbocycles. The topological polar surface area (TPSA) is 93.5 Å². The number of piperidine rings is 1. The van der Waals surface area contributed by atoms with E-state index in [-0.39, 0.29) is 24.5 Å².